The summed E-state index contributed by atoms with van der Waals surface area (Å²) in [6.45, 7) is 6.06. The zero-order valence-corrected chi connectivity index (χ0v) is 13.9. The quantitative estimate of drug-likeness (QED) is 0.648. The van der Waals surface area contributed by atoms with Crippen LogP contribution in [0.3, 0.4) is 0 Å². The van der Waals surface area contributed by atoms with E-state index < -0.39 is 5.60 Å². The summed E-state index contributed by atoms with van der Waals surface area (Å²) in [5, 5.41) is 11.6. The van der Waals surface area contributed by atoms with Gasteiger partial charge in [-0.15, -0.1) is 0 Å². The predicted molar refractivity (Wildman–Crippen MR) is 96.5 cm³/mol. The molecule has 0 bridgehead atoms. The van der Waals surface area contributed by atoms with Gasteiger partial charge in [-0.25, -0.2) is 0 Å². The van der Waals surface area contributed by atoms with Gasteiger partial charge in [-0.3, -0.25) is 0 Å². The Kier molecular flexibility index (Phi) is 4.06. The maximum Gasteiger partial charge on any atom is 0.141 e. The van der Waals surface area contributed by atoms with Crippen molar-refractivity contribution in [1.82, 2.24) is 0 Å². The number of aliphatic hydroxyl groups is 1. The van der Waals surface area contributed by atoms with Crippen LogP contribution in [0, 0.1) is 6.92 Å². The van der Waals surface area contributed by atoms with Crippen LogP contribution in [0.1, 0.15) is 36.1 Å². The number of aryl methyl sites for hydroxylation is 1. The number of benzene rings is 3. The molecule has 0 heterocycles. The first-order chi connectivity index (χ1) is 11.2. The Bertz CT molecular complexity index is 770. The van der Waals surface area contributed by atoms with E-state index in [2.05, 4.69) is 31.2 Å². The van der Waals surface area contributed by atoms with Gasteiger partial charge in [-0.05, 0) is 23.6 Å². The van der Waals surface area contributed by atoms with E-state index in [0.29, 0.717) is 0 Å². The molecular weight excluding hydrogens is 280 g/mol. The molecule has 4 rings (SSSR count). The molecule has 0 unspecified atom stereocenters. The van der Waals surface area contributed by atoms with E-state index in [1.54, 1.807) is 0 Å². The minimum Gasteiger partial charge on any atom is -0.376 e. The third-order valence-corrected chi connectivity index (χ3v) is 4.39. The van der Waals surface area contributed by atoms with Crippen molar-refractivity contribution in [1.29, 1.82) is 0 Å². The van der Waals surface area contributed by atoms with Crippen LogP contribution in [-0.2, 0) is 5.60 Å². The Morgan fingerprint density at radius 3 is 1.57 bits per heavy atom. The second-order valence-electron chi connectivity index (χ2n) is 5.67. The molecule has 0 saturated heterocycles. The van der Waals surface area contributed by atoms with Crippen LogP contribution < -0.4 is 0 Å². The smallest absolute Gasteiger partial charge is 0.141 e. The van der Waals surface area contributed by atoms with Crippen molar-refractivity contribution in [2.24, 2.45) is 0 Å². The summed E-state index contributed by atoms with van der Waals surface area (Å²) in [6.07, 6.45) is 0. The third-order valence-electron chi connectivity index (χ3n) is 4.39. The minimum atomic E-state index is -1.05. The molecule has 3 aromatic carbocycles. The molecule has 1 aliphatic rings. The molecule has 0 fully saturated rings. The lowest BCUT2D eigenvalue weighted by molar-refractivity contribution is 0.130. The molecule has 0 atom stereocenters. The second kappa shape index (κ2) is 6.02. The van der Waals surface area contributed by atoms with E-state index in [1.807, 2.05) is 62.4 Å². The fourth-order valence-corrected chi connectivity index (χ4v) is 3.32. The molecule has 0 radical (unpaired) electrons. The zero-order chi connectivity index (χ0) is 16.4. The highest BCUT2D eigenvalue weighted by Gasteiger charge is 2.42. The van der Waals surface area contributed by atoms with Gasteiger partial charge < -0.3 is 5.11 Å². The summed E-state index contributed by atoms with van der Waals surface area (Å²) in [5.74, 6) is 0. The summed E-state index contributed by atoms with van der Waals surface area (Å²) in [4.78, 5) is 0. The van der Waals surface area contributed by atoms with E-state index in [9.17, 15) is 5.11 Å². The van der Waals surface area contributed by atoms with Gasteiger partial charge in [-0.2, -0.15) is 0 Å². The number of hydrogen-bond acceptors (Lipinski definition) is 1. The van der Waals surface area contributed by atoms with Crippen LogP contribution >= 0.6 is 0 Å². The van der Waals surface area contributed by atoms with E-state index in [4.69, 9.17) is 0 Å². The van der Waals surface area contributed by atoms with Gasteiger partial charge in [0.25, 0.3) is 0 Å². The van der Waals surface area contributed by atoms with Gasteiger partial charge >= 0.3 is 0 Å². The van der Waals surface area contributed by atoms with Crippen LogP contribution in [0.5, 0.6) is 0 Å². The van der Waals surface area contributed by atoms with Gasteiger partial charge in [-0.1, -0.05) is 92.2 Å². The Balaban J connectivity index is 0.000000753. The van der Waals surface area contributed by atoms with Gasteiger partial charge in [0, 0.05) is 11.1 Å². The Labute approximate surface area is 138 Å². The SMILES string of the molecule is CC.Cc1ccc(C2(O)c3ccccc3-c3ccccc32)cc1. The lowest BCUT2D eigenvalue weighted by Crippen LogP contribution is -2.26. The van der Waals surface area contributed by atoms with Crippen LogP contribution in [-0.4, -0.2) is 5.11 Å². The highest BCUT2D eigenvalue weighted by Crippen LogP contribution is 2.50. The molecule has 0 spiro atoms. The van der Waals surface area contributed by atoms with Gasteiger partial charge in [0.2, 0.25) is 0 Å². The van der Waals surface area contributed by atoms with Crippen molar-refractivity contribution >= 4 is 0 Å². The van der Waals surface area contributed by atoms with Crippen molar-refractivity contribution in [3.63, 3.8) is 0 Å². The third kappa shape index (κ3) is 2.29. The monoisotopic (exact) mass is 302 g/mol. The first-order valence-electron chi connectivity index (χ1n) is 8.20. The fraction of sp³-hybridized carbons (Fsp3) is 0.182. The summed E-state index contributed by atoms with van der Waals surface area (Å²) >= 11 is 0. The molecule has 1 N–H and O–H groups in total. The minimum absolute atomic E-state index is 0.922. The van der Waals surface area contributed by atoms with Crippen molar-refractivity contribution in [2.75, 3.05) is 0 Å². The molecule has 1 aliphatic carbocycles. The zero-order valence-electron chi connectivity index (χ0n) is 13.9. The van der Waals surface area contributed by atoms with Gasteiger partial charge in [0.15, 0.2) is 0 Å². The second-order valence-corrected chi connectivity index (χ2v) is 5.67. The van der Waals surface area contributed by atoms with Crippen molar-refractivity contribution in [3.05, 3.63) is 95.1 Å². The maximum absolute atomic E-state index is 11.6. The largest absolute Gasteiger partial charge is 0.376 e. The molecule has 3 aromatic rings. The highest BCUT2D eigenvalue weighted by atomic mass is 16.3. The normalized spacial score (nSPS) is 13.6. The molecule has 23 heavy (non-hydrogen) atoms. The van der Waals surface area contributed by atoms with Crippen LogP contribution in [0.4, 0.5) is 0 Å². The Morgan fingerprint density at radius 2 is 1.09 bits per heavy atom. The summed E-state index contributed by atoms with van der Waals surface area (Å²) < 4.78 is 0. The van der Waals surface area contributed by atoms with Crippen molar-refractivity contribution in [3.8, 4) is 11.1 Å². The fourth-order valence-electron chi connectivity index (χ4n) is 3.32. The van der Waals surface area contributed by atoms with Gasteiger partial charge in [0.05, 0.1) is 0 Å². The average molecular weight is 302 g/mol. The van der Waals surface area contributed by atoms with Crippen molar-refractivity contribution in [2.45, 2.75) is 26.4 Å². The molecule has 116 valence electrons. The van der Waals surface area contributed by atoms with Gasteiger partial charge in [0.1, 0.15) is 5.60 Å². The molecule has 0 aromatic heterocycles. The van der Waals surface area contributed by atoms with E-state index >= 15 is 0 Å². The first-order valence-corrected chi connectivity index (χ1v) is 8.20. The lowest BCUT2D eigenvalue weighted by atomic mass is 9.84. The summed E-state index contributed by atoms with van der Waals surface area (Å²) in [5.41, 5.74) is 5.24. The molecule has 1 heteroatoms. The standard InChI is InChI=1S/C20H16O.C2H6/c1-14-10-12-15(13-11-14)20(21)18-8-4-2-6-16(18)17-7-3-5-9-19(17)20;1-2/h2-13,21H,1H3;1-2H3. The molecule has 0 saturated carbocycles. The average Bonchev–Trinajstić information content (AvgIpc) is 2.88. The number of fused-ring (bicyclic) bond motifs is 3. The maximum atomic E-state index is 11.6. The van der Waals surface area contributed by atoms with E-state index in [-0.39, 0.29) is 0 Å². The molecule has 0 amide bonds. The highest BCUT2D eigenvalue weighted by molar-refractivity contribution is 5.82. The molecule has 1 nitrogen and oxygen atoms in total. The van der Waals surface area contributed by atoms with E-state index in [0.717, 1.165) is 27.8 Å². The number of hydrogen-bond donors (Lipinski definition) is 1. The van der Waals surface area contributed by atoms with Crippen LogP contribution in [0.25, 0.3) is 11.1 Å². The summed E-state index contributed by atoms with van der Waals surface area (Å²) in [7, 11) is 0. The van der Waals surface area contributed by atoms with Crippen LogP contribution in [0.2, 0.25) is 0 Å². The van der Waals surface area contributed by atoms with Crippen LogP contribution in [0.15, 0.2) is 72.8 Å². The number of rotatable bonds is 1. The first kappa shape index (κ1) is 15.5. The Hall–Kier alpha value is -2.38. The van der Waals surface area contributed by atoms with Crippen molar-refractivity contribution < 1.29 is 5.11 Å². The molecular formula is C22H22O. The Morgan fingerprint density at radius 1 is 0.652 bits per heavy atom. The summed E-state index contributed by atoms with van der Waals surface area (Å²) in [6, 6.07) is 24.4. The predicted octanol–water partition coefficient (Wildman–Crippen LogP) is 5.29. The van der Waals surface area contributed by atoms with E-state index in [1.165, 1.54) is 5.56 Å². The molecule has 0 aliphatic heterocycles. The topological polar surface area (TPSA) is 20.2 Å². The lowest BCUT2D eigenvalue weighted by Gasteiger charge is -2.26.